The van der Waals surface area contributed by atoms with Crippen LogP contribution in [-0.2, 0) is 20.0 Å². The summed E-state index contributed by atoms with van der Waals surface area (Å²) in [4.78, 5) is 36.7. The van der Waals surface area contributed by atoms with Crippen LogP contribution in [0.1, 0.15) is 167 Å². The third-order valence-electron chi connectivity index (χ3n) is 14.6. The van der Waals surface area contributed by atoms with E-state index in [0.29, 0.717) is 61.6 Å². The van der Waals surface area contributed by atoms with Gasteiger partial charge in [0.05, 0.1) is 57.5 Å². The number of sulfonamides is 2. The van der Waals surface area contributed by atoms with E-state index in [1.54, 1.807) is 25.1 Å². The van der Waals surface area contributed by atoms with E-state index in [4.69, 9.17) is 25.3 Å². The predicted octanol–water partition coefficient (Wildman–Crippen LogP) is 8.09. The van der Waals surface area contributed by atoms with Crippen molar-refractivity contribution in [1.29, 1.82) is 0 Å². The van der Waals surface area contributed by atoms with E-state index in [-0.39, 0.29) is 34.7 Å². The van der Waals surface area contributed by atoms with Crippen LogP contribution in [0, 0.1) is 27.7 Å². The molecule has 1 amide bonds. The predicted molar refractivity (Wildman–Crippen MR) is 272 cm³/mol. The van der Waals surface area contributed by atoms with Gasteiger partial charge in [0.1, 0.15) is 0 Å². The number of amides is 1. The largest absolute Gasteiger partial charge is 0.478 e. The number of likely N-dealkylation sites (tertiary alicyclic amines) is 1. The first-order chi connectivity index (χ1) is 34.0. The number of carbonyl (C=O) groups is 2. The fourth-order valence-electron chi connectivity index (χ4n) is 10.5. The van der Waals surface area contributed by atoms with Crippen molar-refractivity contribution in [2.24, 2.45) is 0 Å². The monoisotopic (exact) mass is 1000 g/mol. The number of benzene rings is 2. The summed E-state index contributed by atoms with van der Waals surface area (Å²) in [5.74, 6) is 0.236. The molecule has 2 atom stereocenters. The van der Waals surface area contributed by atoms with Gasteiger partial charge in [0.15, 0.2) is 11.3 Å². The van der Waals surface area contributed by atoms with Gasteiger partial charge in [-0.3, -0.25) is 13.4 Å². The number of piperidine rings is 2. The molecule has 0 unspecified atom stereocenters. The third-order valence-corrected chi connectivity index (χ3v) is 18.3. The Hall–Kier alpha value is -5.92. The Morgan fingerprint density at radius 1 is 0.577 bits per heavy atom. The number of anilines is 2. The number of hydrogen-bond donors (Lipinski definition) is 2. The Morgan fingerprint density at radius 3 is 1.61 bits per heavy atom. The standard InChI is InChI=1S/C26H31N5O3S.C15H20N4.C11H13NO4S/c1-17-7-10-23(30-12-5-13-35(30,33)34)20(14-17)26(32)29-11-4-3-6-24(29)22-16-25-27-21(19-8-9-19)15-18(2)31(25)28-22;1-10-8-13(11-5-6-11)17-15-9-14(18-19(10)15)12-4-2-3-7-16-12;1-8-3-4-10(9(7-8)11(13)14)12-5-2-6-17(12,15)16/h7,10,14-16,19,24H,3-6,8-9,11-13H2,1-2H3;8-9,11-12,16H,2-7H2,1H3;3-4,7H,2,5-6H2,1H3,(H,13,14)/t24-;12-;/m00./s1. The number of carboxylic acid groups (broad SMARTS) is 1. The Kier molecular flexibility index (Phi) is 13.4. The van der Waals surface area contributed by atoms with Crippen molar-refractivity contribution in [3.63, 3.8) is 0 Å². The van der Waals surface area contributed by atoms with Gasteiger partial charge < -0.3 is 15.3 Å². The van der Waals surface area contributed by atoms with E-state index in [1.807, 2.05) is 39.1 Å². The van der Waals surface area contributed by atoms with E-state index in [2.05, 4.69) is 37.4 Å². The van der Waals surface area contributed by atoms with Crippen molar-refractivity contribution >= 4 is 54.6 Å². The van der Waals surface area contributed by atoms with Gasteiger partial charge in [0.2, 0.25) is 20.0 Å². The van der Waals surface area contributed by atoms with Crippen LogP contribution < -0.4 is 13.9 Å². The summed E-state index contributed by atoms with van der Waals surface area (Å²) in [7, 11) is -6.73. The second kappa shape index (κ2) is 19.6. The molecule has 6 aromatic rings. The number of nitrogens with one attached hydrogen (secondary N) is 1. The maximum Gasteiger partial charge on any atom is 0.337 e. The van der Waals surface area contributed by atoms with Crippen molar-refractivity contribution in [1.82, 2.24) is 39.4 Å². The van der Waals surface area contributed by atoms with Crippen LogP contribution in [0.3, 0.4) is 0 Å². The highest BCUT2D eigenvalue weighted by Crippen LogP contribution is 2.41. The lowest BCUT2D eigenvalue weighted by Crippen LogP contribution is -2.39. The molecule has 19 heteroatoms. The summed E-state index contributed by atoms with van der Waals surface area (Å²) in [5.41, 5.74) is 11.5. The SMILES string of the molecule is Cc1cc(C2CC2)nc2cc([C@@H]3CCCCN3)nn12.Cc1ccc(N2CCCS2(=O)=O)c(C(=O)N2CCCC[C@H]2c2cc3nc(C4CC4)cc(C)n3n2)c1.Cc1ccc(N2CCCS2(=O)=O)c(C(=O)O)c1. The van der Waals surface area contributed by atoms with Gasteiger partial charge in [-0.25, -0.2) is 40.6 Å². The normalized spacial score (nSPS) is 21.7. The molecule has 376 valence electrons. The highest BCUT2D eigenvalue weighted by atomic mass is 32.2. The number of aromatic carboxylic acids is 1. The number of nitrogens with zero attached hydrogens (tertiary/aromatic N) is 9. The minimum absolute atomic E-state index is 0.0375. The van der Waals surface area contributed by atoms with Gasteiger partial charge in [0.25, 0.3) is 5.91 Å². The number of aromatic nitrogens is 6. The van der Waals surface area contributed by atoms with Gasteiger partial charge in [-0.15, -0.1) is 0 Å². The number of fused-ring (bicyclic) bond motifs is 2. The minimum Gasteiger partial charge on any atom is -0.478 e. The number of aryl methyl sites for hydroxylation is 4. The molecule has 8 heterocycles. The molecule has 6 aliphatic rings. The lowest BCUT2D eigenvalue weighted by atomic mass is 9.97. The average molecular weight is 1010 g/mol. The van der Waals surface area contributed by atoms with Crippen LogP contribution in [0.25, 0.3) is 11.3 Å². The molecule has 2 N–H and O–H groups in total. The molecule has 2 aliphatic carbocycles. The first-order valence-corrected chi connectivity index (χ1v) is 28.5. The lowest BCUT2D eigenvalue weighted by molar-refractivity contribution is 0.0605. The Labute approximate surface area is 415 Å². The molecule has 0 bridgehead atoms. The van der Waals surface area contributed by atoms with Crippen LogP contribution >= 0.6 is 0 Å². The summed E-state index contributed by atoms with van der Waals surface area (Å²) in [5, 5.41) is 22.3. The minimum atomic E-state index is -3.39. The number of hydrogen-bond acceptors (Lipinski definition) is 11. The second-order valence-corrected chi connectivity index (χ2v) is 24.2. The molecule has 12 rings (SSSR count). The number of rotatable bonds is 8. The molecular weight excluding hydrogens is 941 g/mol. The first kappa shape index (κ1) is 48.7. The van der Waals surface area contributed by atoms with Crippen molar-refractivity contribution in [3.8, 4) is 0 Å². The van der Waals surface area contributed by atoms with E-state index < -0.39 is 26.0 Å². The lowest BCUT2D eigenvalue weighted by Gasteiger charge is -2.35. The zero-order valence-corrected chi connectivity index (χ0v) is 42.7. The molecule has 2 aromatic carbocycles. The molecule has 4 saturated heterocycles. The zero-order valence-electron chi connectivity index (χ0n) is 41.0. The number of carboxylic acids is 1. The zero-order chi connectivity index (χ0) is 49.8. The molecular formula is C52H64N10O7S2. The van der Waals surface area contributed by atoms with Crippen LogP contribution in [0.15, 0.2) is 60.7 Å². The second-order valence-electron chi connectivity index (χ2n) is 20.2. The highest BCUT2D eigenvalue weighted by Gasteiger charge is 2.37. The first-order valence-electron chi connectivity index (χ1n) is 25.3. The summed E-state index contributed by atoms with van der Waals surface area (Å²) in [6, 6.07) is 19.0. The van der Waals surface area contributed by atoms with E-state index in [1.165, 1.54) is 71.0 Å². The van der Waals surface area contributed by atoms with Gasteiger partial charge >= 0.3 is 5.97 Å². The topological polar surface area (TPSA) is 205 Å². The van der Waals surface area contributed by atoms with Crippen molar-refractivity contribution in [2.45, 2.75) is 129 Å². The van der Waals surface area contributed by atoms with Gasteiger partial charge in [-0.2, -0.15) is 10.2 Å². The molecule has 17 nitrogen and oxygen atoms in total. The van der Waals surface area contributed by atoms with Crippen molar-refractivity contribution in [3.05, 3.63) is 117 Å². The smallest absolute Gasteiger partial charge is 0.337 e. The number of carbonyl (C=O) groups excluding carboxylic acids is 1. The van der Waals surface area contributed by atoms with Gasteiger partial charge in [-0.05, 0) is 141 Å². The molecule has 0 spiro atoms. The summed E-state index contributed by atoms with van der Waals surface area (Å²) < 4.78 is 55.3. The van der Waals surface area contributed by atoms with Crippen LogP contribution in [0.4, 0.5) is 11.4 Å². The van der Waals surface area contributed by atoms with Crippen LogP contribution in [-0.4, -0.2) is 106 Å². The quantitative estimate of drug-likeness (QED) is 0.149. The van der Waals surface area contributed by atoms with Gasteiger partial charge in [0, 0.05) is 66.4 Å². The molecule has 2 saturated carbocycles. The van der Waals surface area contributed by atoms with Crippen molar-refractivity contribution in [2.75, 3.05) is 46.3 Å². The Bertz CT molecular complexity index is 3250. The molecule has 4 aliphatic heterocycles. The Balaban J connectivity index is 0.000000136. The van der Waals surface area contributed by atoms with E-state index >= 15 is 0 Å². The maximum atomic E-state index is 14.0. The van der Waals surface area contributed by atoms with Crippen LogP contribution in [0.2, 0.25) is 0 Å². The maximum absolute atomic E-state index is 14.0. The van der Waals surface area contributed by atoms with E-state index in [0.717, 1.165) is 71.0 Å². The summed E-state index contributed by atoms with van der Waals surface area (Å²) >= 11 is 0. The summed E-state index contributed by atoms with van der Waals surface area (Å²) in [6.07, 6.45) is 12.6. The summed E-state index contributed by atoms with van der Waals surface area (Å²) in [6.45, 7) is 10.4. The average Bonchev–Trinajstić information content (AvgIpc) is 4.23. The van der Waals surface area contributed by atoms with Crippen molar-refractivity contribution < 1.29 is 31.5 Å². The van der Waals surface area contributed by atoms with Crippen LogP contribution in [0.5, 0.6) is 0 Å². The molecule has 6 fully saturated rings. The van der Waals surface area contributed by atoms with E-state index in [9.17, 15) is 26.4 Å². The highest BCUT2D eigenvalue weighted by molar-refractivity contribution is 7.93. The van der Waals surface area contributed by atoms with Gasteiger partial charge in [-0.1, -0.05) is 29.7 Å². The third kappa shape index (κ3) is 10.3. The molecule has 0 radical (unpaired) electrons. The fourth-order valence-corrected chi connectivity index (χ4v) is 13.6. The molecule has 71 heavy (non-hydrogen) atoms. The molecule has 4 aromatic heterocycles. The fraction of sp³-hybridized carbons (Fsp3) is 0.500. The Morgan fingerprint density at radius 2 is 1.10 bits per heavy atom.